The van der Waals surface area contributed by atoms with Crippen molar-refractivity contribution in [1.82, 2.24) is 9.96 Å². The zero-order valence-corrected chi connectivity index (χ0v) is 15.7. The van der Waals surface area contributed by atoms with Crippen molar-refractivity contribution in [2.75, 3.05) is 27.2 Å². The molecule has 1 heterocycles. The van der Waals surface area contributed by atoms with Gasteiger partial charge in [0.1, 0.15) is 0 Å². The van der Waals surface area contributed by atoms with Gasteiger partial charge >= 0.3 is 6.03 Å². The van der Waals surface area contributed by atoms with E-state index in [4.69, 9.17) is 28.0 Å². The lowest BCUT2D eigenvalue weighted by Crippen LogP contribution is -2.45. The second-order valence-electron chi connectivity index (χ2n) is 6.04. The Morgan fingerprint density at radius 1 is 1.42 bits per heavy atom. The number of aliphatic imine (C=N–C) groups is 1. The van der Waals surface area contributed by atoms with Crippen LogP contribution in [-0.4, -0.2) is 55.5 Å². The summed E-state index contributed by atoms with van der Waals surface area (Å²) in [4.78, 5) is 23.9. The third-order valence-electron chi connectivity index (χ3n) is 4.29. The first-order valence-corrected chi connectivity index (χ1v) is 8.73. The average Bonchev–Trinajstić information content (AvgIpc) is 2.57. The molecule has 1 fully saturated rings. The van der Waals surface area contributed by atoms with Crippen LogP contribution in [0.4, 0.5) is 4.79 Å². The number of hydroxylamine groups is 2. The number of benzene rings is 1. The van der Waals surface area contributed by atoms with Crippen LogP contribution in [-0.2, 0) is 4.84 Å². The predicted octanol–water partition coefficient (Wildman–Crippen LogP) is 4.25. The van der Waals surface area contributed by atoms with E-state index in [9.17, 15) is 4.79 Å². The fraction of sp³-hybridized carbons (Fsp3) is 0.529. The molecular formula is C17H23Cl2N3O2. The van der Waals surface area contributed by atoms with Gasteiger partial charge in [-0.15, -0.1) is 0 Å². The van der Waals surface area contributed by atoms with E-state index >= 15 is 0 Å². The molecule has 7 heteroatoms. The Morgan fingerprint density at radius 2 is 2.08 bits per heavy atom. The molecule has 2 amide bonds. The molecule has 1 aromatic carbocycles. The van der Waals surface area contributed by atoms with Gasteiger partial charge in [0.2, 0.25) is 0 Å². The summed E-state index contributed by atoms with van der Waals surface area (Å²) in [7, 11) is 3.58. The molecule has 2 rings (SSSR count). The van der Waals surface area contributed by atoms with Crippen LogP contribution in [0, 0.1) is 0 Å². The average molecular weight is 372 g/mol. The fourth-order valence-corrected chi connectivity index (χ4v) is 3.28. The number of amides is 2. The third-order valence-corrected chi connectivity index (χ3v) is 5.12. The van der Waals surface area contributed by atoms with Crippen molar-refractivity contribution in [2.45, 2.75) is 31.7 Å². The molecule has 1 aromatic rings. The summed E-state index contributed by atoms with van der Waals surface area (Å²) in [5, 5.41) is 2.35. The molecule has 0 N–H and O–H groups in total. The number of carbonyl (C=O) groups excluding carboxylic acids is 1. The SMILES string of the molecule is CON(C(=O)N=CC(C)c1cccc(Cl)c1Cl)C1CCN(C)CC1. The number of hydrogen-bond acceptors (Lipinski definition) is 3. The normalized spacial score (nSPS) is 18.0. The molecule has 1 aliphatic rings. The zero-order chi connectivity index (χ0) is 17.7. The molecule has 0 saturated carbocycles. The number of carbonyl (C=O) groups is 1. The topological polar surface area (TPSA) is 45.1 Å². The molecule has 1 unspecified atom stereocenters. The van der Waals surface area contributed by atoms with Crippen LogP contribution in [0.3, 0.4) is 0 Å². The molecule has 1 atom stereocenters. The van der Waals surface area contributed by atoms with Gasteiger partial charge in [0.25, 0.3) is 0 Å². The van der Waals surface area contributed by atoms with Gasteiger partial charge < -0.3 is 4.90 Å². The first-order chi connectivity index (χ1) is 11.4. The molecule has 0 aromatic heterocycles. The summed E-state index contributed by atoms with van der Waals surface area (Å²) < 4.78 is 0. The summed E-state index contributed by atoms with van der Waals surface area (Å²) >= 11 is 12.2. The van der Waals surface area contributed by atoms with Crippen LogP contribution >= 0.6 is 23.2 Å². The summed E-state index contributed by atoms with van der Waals surface area (Å²) in [5.74, 6) is -0.128. The minimum absolute atomic E-state index is 0.0564. The number of halogens is 2. The number of rotatable bonds is 4. The largest absolute Gasteiger partial charge is 0.367 e. The third kappa shape index (κ3) is 4.70. The number of hydrogen-bond donors (Lipinski definition) is 0. The quantitative estimate of drug-likeness (QED) is 0.587. The van der Waals surface area contributed by atoms with E-state index in [1.807, 2.05) is 19.1 Å². The van der Waals surface area contributed by atoms with Gasteiger partial charge in [-0.05, 0) is 44.6 Å². The highest BCUT2D eigenvalue weighted by atomic mass is 35.5. The lowest BCUT2D eigenvalue weighted by atomic mass is 10.0. The number of piperidine rings is 1. The van der Waals surface area contributed by atoms with Gasteiger partial charge in [-0.1, -0.05) is 42.3 Å². The minimum atomic E-state index is -0.392. The molecular weight excluding hydrogens is 349 g/mol. The summed E-state index contributed by atoms with van der Waals surface area (Å²) in [6.07, 6.45) is 3.34. The van der Waals surface area contributed by atoms with E-state index in [0.29, 0.717) is 10.0 Å². The molecule has 1 saturated heterocycles. The molecule has 0 radical (unpaired) electrons. The Kier molecular flexibility index (Phi) is 7.04. The van der Waals surface area contributed by atoms with Crippen molar-refractivity contribution in [1.29, 1.82) is 0 Å². The molecule has 0 aliphatic carbocycles. The van der Waals surface area contributed by atoms with Gasteiger partial charge in [0.05, 0.1) is 23.2 Å². The number of nitrogens with zero attached hydrogens (tertiary/aromatic N) is 3. The van der Waals surface area contributed by atoms with Crippen LogP contribution in [0.5, 0.6) is 0 Å². The Balaban J connectivity index is 2.03. The van der Waals surface area contributed by atoms with Gasteiger partial charge in [-0.3, -0.25) is 4.84 Å². The Bertz CT molecular complexity index is 601. The van der Waals surface area contributed by atoms with Crippen LogP contribution in [0.1, 0.15) is 31.2 Å². The predicted molar refractivity (Wildman–Crippen MR) is 98.1 cm³/mol. The van der Waals surface area contributed by atoms with E-state index in [2.05, 4.69) is 16.9 Å². The van der Waals surface area contributed by atoms with Crippen molar-refractivity contribution in [3.63, 3.8) is 0 Å². The van der Waals surface area contributed by atoms with E-state index in [1.54, 1.807) is 12.3 Å². The molecule has 132 valence electrons. The highest BCUT2D eigenvalue weighted by molar-refractivity contribution is 6.42. The number of likely N-dealkylation sites (tertiary alicyclic amines) is 1. The van der Waals surface area contributed by atoms with E-state index in [-0.39, 0.29) is 12.0 Å². The van der Waals surface area contributed by atoms with Crippen molar-refractivity contribution >= 4 is 35.4 Å². The van der Waals surface area contributed by atoms with Crippen LogP contribution in [0.15, 0.2) is 23.2 Å². The summed E-state index contributed by atoms with van der Waals surface area (Å²) in [5.41, 5.74) is 0.837. The van der Waals surface area contributed by atoms with Crippen LogP contribution < -0.4 is 0 Å². The maximum absolute atomic E-state index is 12.4. The van der Waals surface area contributed by atoms with Gasteiger partial charge in [-0.25, -0.2) is 9.79 Å². The zero-order valence-electron chi connectivity index (χ0n) is 14.2. The first kappa shape index (κ1) is 19.2. The summed E-state index contributed by atoms with van der Waals surface area (Å²) in [6, 6.07) is 5.10. The lowest BCUT2D eigenvalue weighted by molar-refractivity contribution is -0.124. The molecule has 0 spiro atoms. The fourth-order valence-electron chi connectivity index (χ4n) is 2.80. The van der Waals surface area contributed by atoms with Gasteiger partial charge in [0, 0.05) is 12.1 Å². The van der Waals surface area contributed by atoms with E-state index in [1.165, 1.54) is 12.2 Å². The maximum atomic E-state index is 12.4. The lowest BCUT2D eigenvalue weighted by Gasteiger charge is -2.34. The second kappa shape index (κ2) is 8.81. The van der Waals surface area contributed by atoms with Crippen LogP contribution in [0.25, 0.3) is 0 Å². The molecule has 5 nitrogen and oxygen atoms in total. The smallest absolute Gasteiger partial charge is 0.306 e. The second-order valence-corrected chi connectivity index (χ2v) is 6.82. The molecule has 0 bridgehead atoms. The highest BCUT2D eigenvalue weighted by Gasteiger charge is 2.27. The standard InChI is InChI=1S/C17H23Cl2N3O2/c1-12(14-5-4-6-15(18)16(14)19)11-20-17(23)22(24-3)13-7-9-21(2)10-8-13/h4-6,11-13H,7-10H2,1-3H3. The van der Waals surface area contributed by atoms with Crippen molar-refractivity contribution in [3.8, 4) is 0 Å². The van der Waals surface area contributed by atoms with Gasteiger partial charge in [0.15, 0.2) is 0 Å². The highest BCUT2D eigenvalue weighted by Crippen LogP contribution is 2.30. The van der Waals surface area contributed by atoms with Crippen LogP contribution in [0.2, 0.25) is 10.0 Å². The van der Waals surface area contributed by atoms with E-state index < -0.39 is 6.03 Å². The maximum Gasteiger partial charge on any atom is 0.367 e. The first-order valence-electron chi connectivity index (χ1n) is 7.98. The number of urea groups is 1. The van der Waals surface area contributed by atoms with Gasteiger partial charge in [-0.2, -0.15) is 5.06 Å². The summed E-state index contributed by atoms with van der Waals surface area (Å²) in [6.45, 7) is 3.80. The Morgan fingerprint density at radius 3 is 2.71 bits per heavy atom. The Hall–Kier alpha value is -1.14. The molecule has 24 heavy (non-hydrogen) atoms. The van der Waals surface area contributed by atoms with E-state index in [0.717, 1.165) is 31.5 Å². The Labute approximate surface area is 153 Å². The van der Waals surface area contributed by atoms with Crippen molar-refractivity contribution in [3.05, 3.63) is 33.8 Å². The minimum Gasteiger partial charge on any atom is -0.306 e. The monoisotopic (exact) mass is 371 g/mol. The van der Waals surface area contributed by atoms with Crippen molar-refractivity contribution in [2.24, 2.45) is 4.99 Å². The molecule has 1 aliphatic heterocycles. The van der Waals surface area contributed by atoms with Crippen molar-refractivity contribution < 1.29 is 9.63 Å².